The minimum absolute atomic E-state index is 0.0792. The highest BCUT2D eigenvalue weighted by Gasteiger charge is 2.16. The summed E-state index contributed by atoms with van der Waals surface area (Å²) in [6, 6.07) is 3.10. The molecule has 8 nitrogen and oxygen atoms in total. The first-order chi connectivity index (χ1) is 11.2. The number of carbonyl (C=O) groups is 2. The molecule has 3 amide bonds. The number of carbonyl (C=O) groups excluding carboxylic acids is 2. The normalized spacial score (nSPS) is 10.5. The van der Waals surface area contributed by atoms with Crippen LogP contribution in [0.25, 0.3) is 11.6 Å². The van der Waals surface area contributed by atoms with E-state index >= 15 is 0 Å². The van der Waals surface area contributed by atoms with Crippen molar-refractivity contribution in [2.75, 3.05) is 12.3 Å². The zero-order valence-electron chi connectivity index (χ0n) is 13.0. The molecule has 0 aliphatic heterocycles. The Hall–Kier alpha value is -2.29. The molecule has 0 radical (unpaired) electrons. The largest absolute Gasteiger partial charge is 0.461 e. The SMILES string of the molecule is CCCNC(=O)NC(=O)CSc1nnc(-c2ccco2)n1CC. The van der Waals surface area contributed by atoms with Gasteiger partial charge in [-0.3, -0.25) is 14.7 Å². The first-order valence-corrected chi connectivity index (χ1v) is 8.31. The predicted octanol–water partition coefficient (Wildman–Crippen LogP) is 1.89. The Labute approximate surface area is 138 Å². The second-order valence-electron chi connectivity index (χ2n) is 4.62. The van der Waals surface area contributed by atoms with Gasteiger partial charge in [-0.15, -0.1) is 10.2 Å². The summed E-state index contributed by atoms with van der Waals surface area (Å²) < 4.78 is 7.18. The van der Waals surface area contributed by atoms with Crippen LogP contribution in [0.15, 0.2) is 28.0 Å². The van der Waals surface area contributed by atoms with Crippen molar-refractivity contribution < 1.29 is 14.0 Å². The van der Waals surface area contributed by atoms with Crippen LogP contribution in [0.5, 0.6) is 0 Å². The van der Waals surface area contributed by atoms with Crippen LogP contribution in [-0.4, -0.2) is 39.0 Å². The van der Waals surface area contributed by atoms with Gasteiger partial charge in [-0.25, -0.2) is 4.79 Å². The van der Waals surface area contributed by atoms with E-state index in [2.05, 4.69) is 20.8 Å². The van der Waals surface area contributed by atoms with Crippen LogP contribution in [0.1, 0.15) is 20.3 Å². The van der Waals surface area contributed by atoms with Crippen molar-refractivity contribution in [3.63, 3.8) is 0 Å². The van der Waals surface area contributed by atoms with Crippen molar-refractivity contribution in [3.8, 4) is 11.6 Å². The van der Waals surface area contributed by atoms with Crippen LogP contribution in [0.2, 0.25) is 0 Å². The number of hydrogen-bond donors (Lipinski definition) is 2. The van der Waals surface area contributed by atoms with E-state index in [1.54, 1.807) is 18.4 Å². The molecule has 0 atom stereocenters. The molecule has 2 aromatic rings. The summed E-state index contributed by atoms with van der Waals surface area (Å²) in [4.78, 5) is 23.2. The van der Waals surface area contributed by atoms with Gasteiger partial charge in [0.2, 0.25) is 5.91 Å². The number of thioether (sulfide) groups is 1. The summed E-state index contributed by atoms with van der Waals surface area (Å²) in [5, 5.41) is 13.6. The van der Waals surface area contributed by atoms with Crippen LogP contribution >= 0.6 is 11.8 Å². The summed E-state index contributed by atoms with van der Waals surface area (Å²) in [6.45, 7) is 5.07. The van der Waals surface area contributed by atoms with Gasteiger partial charge < -0.3 is 9.73 Å². The summed E-state index contributed by atoms with van der Waals surface area (Å²) in [5.74, 6) is 0.931. The molecule has 0 saturated heterocycles. The van der Waals surface area contributed by atoms with Crippen LogP contribution in [-0.2, 0) is 11.3 Å². The molecule has 0 aliphatic carbocycles. The Balaban J connectivity index is 1.93. The molecule has 9 heteroatoms. The van der Waals surface area contributed by atoms with Crippen molar-refractivity contribution in [2.45, 2.75) is 32.0 Å². The Kier molecular flexibility index (Phi) is 6.21. The fraction of sp³-hybridized carbons (Fsp3) is 0.429. The van der Waals surface area contributed by atoms with Gasteiger partial charge in [0.25, 0.3) is 0 Å². The molecule has 0 aromatic carbocycles. The van der Waals surface area contributed by atoms with Gasteiger partial charge in [0.1, 0.15) is 0 Å². The summed E-state index contributed by atoms with van der Waals surface area (Å²) in [5.41, 5.74) is 0. The number of hydrogen-bond acceptors (Lipinski definition) is 6. The zero-order chi connectivity index (χ0) is 16.7. The van der Waals surface area contributed by atoms with Crippen LogP contribution in [0, 0.1) is 0 Å². The Bertz CT molecular complexity index is 653. The minimum atomic E-state index is -0.481. The highest BCUT2D eigenvalue weighted by molar-refractivity contribution is 7.99. The van der Waals surface area contributed by atoms with Crippen LogP contribution < -0.4 is 10.6 Å². The van der Waals surface area contributed by atoms with Gasteiger partial charge in [0, 0.05) is 13.1 Å². The van der Waals surface area contributed by atoms with Gasteiger partial charge >= 0.3 is 6.03 Å². The third-order valence-electron chi connectivity index (χ3n) is 2.90. The third-order valence-corrected chi connectivity index (χ3v) is 3.86. The average molecular weight is 337 g/mol. The fourth-order valence-electron chi connectivity index (χ4n) is 1.84. The Morgan fingerprint density at radius 3 is 2.83 bits per heavy atom. The lowest BCUT2D eigenvalue weighted by Crippen LogP contribution is -2.40. The molecule has 124 valence electrons. The number of nitrogens with zero attached hydrogens (tertiary/aromatic N) is 3. The topological polar surface area (TPSA) is 102 Å². The second kappa shape index (κ2) is 8.37. The van der Waals surface area contributed by atoms with Gasteiger partial charge in [0.15, 0.2) is 16.7 Å². The predicted molar refractivity (Wildman–Crippen MR) is 86.0 cm³/mol. The maximum atomic E-state index is 11.8. The Morgan fingerprint density at radius 2 is 2.17 bits per heavy atom. The van der Waals surface area contributed by atoms with Crippen LogP contribution in [0.3, 0.4) is 0 Å². The van der Waals surface area contributed by atoms with Crippen molar-refractivity contribution in [1.29, 1.82) is 0 Å². The molecule has 0 bridgehead atoms. The standard InChI is InChI=1S/C14H19N5O3S/c1-3-7-15-13(21)16-11(20)9-23-14-18-17-12(19(14)4-2)10-6-5-8-22-10/h5-6,8H,3-4,7,9H2,1-2H3,(H2,15,16,20,21). The smallest absolute Gasteiger partial charge is 0.321 e. The summed E-state index contributed by atoms with van der Waals surface area (Å²) in [7, 11) is 0. The maximum absolute atomic E-state index is 11.8. The summed E-state index contributed by atoms with van der Waals surface area (Å²) >= 11 is 1.22. The number of amides is 3. The number of urea groups is 1. The molecular weight excluding hydrogens is 318 g/mol. The lowest BCUT2D eigenvalue weighted by molar-refractivity contribution is -0.117. The molecule has 2 heterocycles. The van der Waals surface area contributed by atoms with E-state index in [1.165, 1.54) is 11.8 Å². The third kappa shape index (κ3) is 4.59. The van der Waals surface area contributed by atoms with Gasteiger partial charge in [-0.1, -0.05) is 18.7 Å². The lowest BCUT2D eigenvalue weighted by atomic mass is 10.4. The first-order valence-electron chi connectivity index (χ1n) is 7.33. The van der Waals surface area contributed by atoms with E-state index in [-0.39, 0.29) is 11.7 Å². The molecule has 2 rings (SSSR count). The van der Waals surface area contributed by atoms with Crippen molar-refractivity contribution in [2.24, 2.45) is 0 Å². The van der Waals surface area contributed by atoms with E-state index < -0.39 is 6.03 Å². The number of aromatic nitrogens is 3. The minimum Gasteiger partial charge on any atom is -0.461 e. The molecule has 0 saturated carbocycles. The van der Waals surface area contributed by atoms with E-state index in [0.29, 0.717) is 29.8 Å². The van der Waals surface area contributed by atoms with E-state index in [1.807, 2.05) is 18.4 Å². The van der Waals surface area contributed by atoms with Gasteiger partial charge in [-0.2, -0.15) is 0 Å². The highest BCUT2D eigenvalue weighted by Crippen LogP contribution is 2.23. The molecule has 2 aromatic heterocycles. The van der Waals surface area contributed by atoms with E-state index in [9.17, 15) is 9.59 Å². The quantitative estimate of drug-likeness (QED) is 0.748. The second-order valence-corrected chi connectivity index (χ2v) is 5.56. The summed E-state index contributed by atoms with van der Waals surface area (Å²) in [6.07, 6.45) is 2.38. The number of rotatable bonds is 7. The zero-order valence-corrected chi connectivity index (χ0v) is 13.9. The molecule has 0 unspecified atom stereocenters. The molecule has 0 spiro atoms. The van der Waals surface area contributed by atoms with Crippen LogP contribution in [0.4, 0.5) is 4.79 Å². The highest BCUT2D eigenvalue weighted by atomic mass is 32.2. The molecular formula is C14H19N5O3S. The van der Waals surface area contributed by atoms with Gasteiger partial charge in [0.05, 0.1) is 12.0 Å². The monoisotopic (exact) mass is 337 g/mol. The van der Waals surface area contributed by atoms with E-state index in [4.69, 9.17) is 4.42 Å². The fourth-order valence-corrected chi connectivity index (χ4v) is 2.65. The molecule has 0 aliphatic rings. The molecule has 0 fully saturated rings. The Morgan fingerprint density at radius 1 is 1.35 bits per heavy atom. The maximum Gasteiger partial charge on any atom is 0.321 e. The van der Waals surface area contributed by atoms with E-state index in [0.717, 1.165) is 6.42 Å². The van der Waals surface area contributed by atoms with Crippen molar-refractivity contribution >= 4 is 23.7 Å². The number of furan rings is 1. The lowest BCUT2D eigenvalue weighted by Gasteiger charge is -2.07. The first kappa shape index (κ1) is 17.1. The average Bonchev–Trinajstić information content (AvgIpc) is 3.19. The van der Waals surface area contributed by atoms with Crippen molar-refractivity contribution in [3.05, 3.63) is 18.4 Å². The number of imide groups is 1. The number of nitrogens with one attached hydrogen (secondary N) is 2. The van der Waals surface area contributed by atoms with Gasteiger partial charge in [-0.05, 0) is 25.5 Å². The van der Waals surface area contributed by atoms with Crippen molar-refractivity contribution in [1.82, 2.24) is 25.4 Å². The molecule has 2 N–H and O–H groups in total. The molecule has 23 heavy (non-hydrogen) atoms.